The molecule has 0 aliphatic heterocycles. The van der Waals surface area contributed by atoms with Crippen molar-refractivity contribution >= 4 is 34.2 Å². The summed E-state index contributed by atoms with van der Waals surface area (Å²) in [6.07, 6.45) is -1.27. The average molecular weight is 294 g/mol. The van der Waals surface area contributed by atoms with Crippen molar-refractivity contribution in [1.82, 2.24) is 5.32 Å². The van der Waals surface area contributed by atoms with Gasteiger partial charge in [0.15, 0.2) is 11.4 Å². The van der Waals surface area contributed by atoms with Gasteiger partial charge in [0.1, 0.15) is 0 Å². The summed E-state index contributed by atoms with van der Waals surface area (Å²) in [5, 5.41) is 10.4. The third-order valence-corrected chi connectivity index (χ3v) is 2.84. The van der Waals surface area contributed by atoms with Crippen molar-refractivity contribution in [3.8, 4) is 6.19 Å². The van der Waals surface area contributed by atoms with Gasteiger partial charge in [0.2, 0.25) is 0 Å². The van der Waals surface area contributed by atoms with Crippen molar-refractivity contribution in [3.05, 3.63) is 28.8 Å². The molecule has 3 nitrogen and oxygen atoms in total. The van der Waals surface area contributed by atoms with Crippen LogP contribution in [0.4, 0.5) is 18.9 Å². The van der Waals surface area contributed by atoms with E-state index in [1.54, 1.807) is 12.4 Å². The van der Waals surface area contributed by atoms with Crippen molar-refractivity contribution < 1.29 is 13.2 Å². The monoisotopic (exact) mass is 293 g/mol. The zero-order chi connectivity index (χ0) is 13.8. The zero-order valence-electron chi connectivity index (χ0n) is 9.05. The number of aliphatic imine (C=N–C) groups is 1. The smallest absolute Gasteiger partial charge is 0.271 e. The van der Waals surface area contributed by atoms with E-state index >= 15 is 0 Å². The van der Waals surface area contributed by atoms with E-state index in [0.29, 0.717) is 0 Å². The molecular weight excluding hydrogens is 287 g/mol. The van der Waals surface area contributed by atoms with Gasteiger partial charge in [-0.25, -0.2) is 4.99 Å². The first-order valence-corrected chi connectivity index (χ1v) is 6.14. The summed E-state index contributed by atoms with van der Waals surface area (Å²) >= 11 is 6.74. The van der Waals surface area contributed by atoms with E-state index in [1.807, 2.05) is 0 Å². The summed E-state index contributed by atoms with van der Waals surface area (Å²) in [5.74, 6) is 0. The fraction of sp³-hybridized carbons (Fsp3) is 0.200. The lowest BCUT2D eigenvalue weighted by molar-refractivity contribution is -0.137. The van der Waals surface area contributed by atoms with E-state index in [9.17, 15) is 13.2 Å². The van der Waals surface area contributed by atoms with Crippen LogP contribution in [-0.4, -0.2) is 11.4 Å². The van der Waals surface area contributed by atoms with Crippen molar-refractivity contribution in [2.45, 2.75) is 6.18 Å². The molecule has 0 bridgehead atoms. The highest BCUT2D eigenvalue weighted by Gasteiger charge is 2.33. The summed E-state index contributed by atoms with van der Waals surface area (Å²) in [4.78, 5) is 3.85. The lowest BCUT2D eigenvalue weighted by atomic mass is 10.2. The quantitative estimate of drug-likeness (QED) is 0.371. The van der Waals surface area contributed by atoms with E-state index in [-0.39, 0.29) is 10.9 Å². The van der Waals surface area contributed by atoms with Gasteiger partial charge in [-0.15, -0.1) is 0 Å². The van der Waals surface area contributed by atoms with Crippen LogP contribution in [0, 0.1) is 11.5 Å². The minimum atomic E-state index is -4.54. The Labute approximate surface area is 111 Å². The standard InChI is InChI=1S/C10H7ClF3N3S/c1-18-9(16-5-15)17-7-4-2-3-6(8(7)11)10(12,13)14/h2-4H,1H3,(H,16,17). The molecule has 0 atom stereocenters. The Bertz CT molecular complexity index is 508. The van der Waals surface area contributed by atoms with Gasteiger partial charge in [0.25, 0.3) is 0 Å². The number of benzene rings is 1. The number of hydrogen-bond acceptors (Lipinski definition) is 3. The van der Waals surface area contributed by atoms with Crippen LogP contribution in [0.1, 0.15) is 5.56 Å². The second-order valence-electron chi connectivity index (χ2n) is 2.99. The number of nitrogens with zero attached hydrogens (tertiary/aromatic N) is 2. The summed E-state index contributed by atoms with van der Waals surface area (Å²) in [5.41, 5.74) is -0.999. The Morgan fingerprint density at radius 2 is 2.17 bits per heavy atom. The molecule has 96 valence electrons. The maximum atomic E-state index is 12.6. The molecule has 0 aromatic heterocycles. The van der Waals surface area contributed by atoms with Gasteiger partial charge in [0, 0.05) is 0 Å². The third-order valence-electron chi connectivity index (χ3n) is 1.86. The number of thioether (sulfide) groups is 1. The zero-order valence-corrected chi connectivity index (χ0v) is 10.6. The Morgan fingerprint density at radius 1 is 1.50 bits per heavy atom. The molecular formula is C10H7ClF3N3S. The maximum Gasteiger partial charge on any atom is 0.417 e. The van der Waals surface area contributed by atoms with Crippen LogP contribution in [0.2, 0.25) is 5.02 Å². The topological polar surface area (TPSA) is 48.2 Å². The molecule has 0 heterocycles. The summed E-state index contributed by atoms with van der Waals surface area (Å²) in [6.45, 7) is 0. The van der Waals surface area contributed by atoms with Crippen LogP contribution in [-0.2, 0) is 6.18 Å². The number of alkyl halides is 3. The number of nitrogens with one attached hydrogen (secondary N) is 1. The molecule has 1 N–H and O–H groups in total. The fourth-order valence-corrected chi connectivity index (χ4v) is 1.72. The van der Waals surface area contributed by atoms with Crippen LogP contribution in [0.25, 0.3) is 0 Å². The van der Waals surface area contributed by atoms with Crippen LogP contribution in [0.5, 0.6) is 0 Å². The van der Waals surface area contributed by atoms with Gasteiger partial charge in [-0.2, -0.15) is 18.4 Å². The molecule has 0 unspecified atom stereocenters. The molecule has 1 aromatic rings. The van der Waals surface area contributed by atoms with E-state index in [0.717, 1.165) is 17.8 Å². The Kier molecular flexibility index (Phi) is 4.87. The van der Waals surface area contributed by atoms with Crippen LogP contribution in [0.3, 0.4) is 0 Å². The Hall–Kier alpha value is -1.39. The van der Waals surface area contributed by atoms with Crippen LogP contribution in [0.15, 0.2) is 23.2 Å². The number of amidine groups is 1. The summed E-state index contributed by atoms with van der Waals surface area (Å²) < 4.78 is 37.8. The molecule has 8 heteroatoms. The lowest BCUT2D eigenvalue weighted by Crippen LogP contribution is -2.12. The second kappa shape index (κ2) is 5.98. The first-order chi connectivity index (χ1) is 8.40. The van der Waals surface area contributed by atoms with Gasteiger partial charge >= 0.3 is 6.18 Å². The molecule has 0 spiro atoms. The number of rotatable bonds is 1. The molecule has 0 amide bonds. The van der Waals surface area contributed by atoms with Crippen LogP contribution < -0.4 is 5.32 Å². The number of hydrogen-bond donors (Lipinski definition) is 1. The molecule has 0 radical (unpaired) electrons. The highest BCUT2D eigenvalue weighted by Crippen LogP contribution is 2.39. The Balaban J connectivity index is 3.24. The molecule has 18 heavy (non-hydrogen) atoms. The van der Waals surface area contributed by atoms with Gasteiger partial charge in [-0.3, -0.25) is 5.32 Å². The first kappa shape index (κ1) is 14.7. The minimum absolute atomic E-state index is 0.0430. The third kappa shape index (κ3) is 3.55. The average Bonchev–Trinajstić information content (AvgIpc) is 2.29. The maximum absolute atomic E-state index is 12.6. The molecule has 0 aliphatic rings. The van der Waals surface area contributed by atoms with E-state index in [4.69, 9.17) is 16.9 Å². The minimum Gasteiger partial charge on any atom is -0.271 e. The van der Waals surface area contributed by atoms with Crippen LogP contribution >= 0.6 is 23.4 Å². The second-order valence-corrected chi connectivity index (χ2v) is 4.17. The Morgan fingerprint density at radius 3 is 2.67 bits per heavy atom. The highest BCUT2D eigenvalue weighted by molar-refractivity contribution is 8.13. The van der Waals surface area contributed by atoms with Gasteiger partial charge in [0.05, 0.1) is 16.3 Å². The van der Waals surface area contributed by atoms with Gasteiger partial charge in [-0.1, -0.05) is 29.4 Å². The first-order valence-electron chi connectivity index (χ1n) is 4.53. The lowest BCUT2D eigenvalue weighted by Gasteiger charge is -2.10. The molecule has 0 saturated carbocycles. The largest absolute Gasteiger partial charge is 0.417 e. The number of nitriles is 1. The predicted octanol–water partition coefficient (Wildman–Crippen LogP) is 3.78. The van der Waals surface area contributed by atoms with E-state index in [2.05, 4.69) is 10.3 Å². The molecule has 0 saturated heterocycles. The molecule has 0 fully saturated rings. The van der Waals surface area contributed by atoms with Crippen molar-refractivity contribution in [2.75, 3.05) is 6.26 Å². The summed E-state index contributed by atoms with van der Waals surface area (Å²) in [6, 6.07) is 3.42. The normalized spacial score (nSPS) is 12.1. The van der Waals surface area contributed by atoms with E-state index < -0.39 is 16.8 Å². The van der Waals surface area contributed by atoms with Gasteiger partial charge < -0.3 is 0 Å². The van der Waals surface area contributed by atoms with E-state index in [1.165, 1.54) is 12.1 Å². The molecule has 1 aromatic carbocycles. The highest BCUT2D eigenvalue weighted by atomic mass is 35.5. The van der Waals surface area contributed by atoms with Crippen molar-refractivity contribution in [3.63, 3.8) is 0 Å². The van der Waals surface area contributed by atoms with Crippen molar-refractivity contribution in [2.24, 2.45) is 4.99 Å². The van der Waals surface area contributed by atoms with Crippen molar-refractivity contribution in [1.29, 1.82) is 5.26 Å². The van der Waals surface area contributed by atoms with Gasteiger partial charge in [-0.05, 0) is 18.4 Å². The molecule has 0 aliphatic carbocycles. The predicted molar refractivity (Wildman–Crippen MR) is 65.8 cm³/mol. The fourth-order valence-electron chi connectivity index (χ4n) is 1.11. The SMILES string of the molecule is CSC(=Nc1cccc(C(F)(F)F)c1Cl)NC#N. The number of halogens is 4. The summed E-state index contributed by atoms with van der Waals surface area (Å²) in [7, 11) is 0. The molecule has 1 rings (SSSR count).